The Labute approximate surface area is 103 Å². The number of rotatable bonds is 3. The molecule has 7 heteroatoms. The molecule has 2 aromatic heterocycles. The van der Waals surface area contributed by atoms with E-state index in [-0.39, 0.29) is 5.92 Å². The lowest BCUT2D eigenvalue weighted by Gasteiger charge is -2.11. The average Bonchev–Trinajstić information content (AvgIpc) is 2.63. The molecule has 0 unspecified atom stereocenters. The molecule has 0 aliphatic rings. The lowest BCUT2D eigenvalue weighted by Crippen LogP contribution is -2.03. The summed E-state index contributed by atoms with van der Waals surface area (Å²) >= 11 is 1.31. The first-order valence-corrected chi connectivity index (χ1v) is 5.98. The molecule has 0 amide bonds. The summed E-state index contributed by atoms with van der Waals surface area (Å²) in [7, 11) is 0. The van der Waals surface area contributed by atoms with Crippen molar-refractivity contribution < 1.29 is 4.42 Å². The molecule has 6 nitrogen and oxygen atoms in total. The highest BCUT2D eigenvalue weighted by molar-refractivity contribution is 7.99. The lowest BCUT2D eigenvalue weighted by molar-refractivity contribution is 0.429. The van der Waals surface area contributed by atoms with Gasteiger partial charge in [-0.1, -0.05) is 13.8 Å². The fourth-order valence-electron chi connectivity index (χ4n) is 1.42. The molecule has 0 radical (unpaired) electrons. The van der Waals surface area contributed by atoms with Gasteiger partial charge in [0.2, 0.25) is 5.89 Å². The van der Waals surface area contributed by atoms with E-state index in [9.17, 15) is 0 Å². The Morgan fingerprint density at radius 1 is 1.29 bits per heavy atom. The molecule has 0 bridgehead atoms. The van der Waals surface area contributed by atoms with Crippen molar-refractivity contribution in [1.82, 2.24) is 20.2 Å². The van der Waals surface area contributed by atoms with Crippen LogP contribution < -0.4 is 5.73 Å². The summed E-state index contributed by atoms with van der Waals surface area (Å²) in [5.41, 5.74) is 6.76. The zero-order valence-corrected chi connectivity index (χ0v) is 10.7. The Balaban J connectivity index is 2.35. The zero-order chi connectivity index (χ0) is 12.4. The van der Waals surface area contributed by atoms with Gasteiger partial charge in [-0.25, -0.2) is 9.97 Å². The van der Waals surface area contributed by atoms with Gasteiger partial charge in [0.05, 0.1) is 0 Å². The highest BCUT2D eigenvalue weighted by atomic mass is 32.2. The normalized spacial score (nSPS) is 11.1. The van der Waals surface area contributed by atoms with E-state index in [0.717, 1.165) is 10.6 Å². The van der Waals surface area contributed by atoms with Crippen LogP contribution >= 0.6 is 11.8 Å². The van der Waals surface area contributed by atoms with Gasteiger partial charge in [-0.2, -0.15) is 0 Å². The standard InChI is InChI=1S/C10H13N5OS/c1-5(2)7-8(11)12-4-13-9(7)17-10-15-14-6(3)16-10/h4-5H,1-3H3,(H2,11,12,13). The first kappa shape index (κ1) is 11.8. The maximum Gasteiger partial charge on any atom is 0.282 e. The predicted molar refractivity (Wildman–Crippen MR) is 63.7 cm³/mol. The molecule has 0 aliphatic carbocycles. The van der Waals surface area contributed by atoms with Crippen LogP contribution in [0, 0.1) is 6.92 Å². The van der Waals surface area contributed by atoms with E-state index in [1.807, 2.05) is 13.8 Å². The maximum atomic E-state index is 5.85. The summed E-state index contributed by atoms with van der Waals surface area (Å²) in [4.78, 5) is 8.20. The second-order valence-corrected chi connectivity index (χ2v) is 4.76. The fourth-order valence-corrected chi connectivity index (χ4v) is 2.38. The molecular weight excluding hydrogens is 238 g/mol. The largest absolute Gasteiger partial charge is 0.416 e. The van der Waals surface area contributed by atoms with E-state index in [0.29, 0.717) is 16.9 Å². The van der Waals surface area contributed by atoms with Crippen molar-refractivity contribution in [2.45, 2.75) is 36.9 Å². The Kier molecular flexibility index (Phi) is 3.28. The molecule has 0 saturated heterocycles. The molecule has 90 valence electrons. The van der Waals surface area contributed by atoms with Crippen molar-refractivity contribution in [3.05, 3.63) is 17.8 Å². The number of anilines is 1. The van der Waals surface area contributed by atoms with E-state index in [1.165, 1.54) is 18.1 Å². The van der Waals surface area contributed by atoms with E-state index >= 15 is 0 Å². The molecule has 0 fully saturated rings. The second-order valence-electron chi connectivity index (χ2n) is 3.82. The van der Waals surface area contributed by atoms with E-state index in [4.69, 9.17) is 10.2 Å². The van der Waals surface area contributed by atoms with Gasteiger partial charge in [-0.15, -0.1) is 10.2 Å². The number of aryl methyl sites for hydroxylation is 1. The second kappa shape index (κ2) is 4.70. The van der Waals surface area contributed by atoms with Crippen LogP contribution in [0.2, 0.25) is 0 Å². The summed E-state index contributed by atoms with van der Waals surface area (Å²) in [5.74, 6) is 1.26. The minimum Gasteiger partial charge on any atom is -0.416 e. The van der Waals surface area contributed by atoms with Gasteiger partial charge < -0.3 is 10.2 Å². The first-order chi connectivity index (χ1) is 8.08. The van der Waals surface area contributed by atoms with Gasteiger partial charge in [0.15, 0.2) is 0 Å². The van der Waals surface area contributed by atoms with Crippen LogP contribution in [0.25, 0.3) is 0 Å². The van der Waals surface area contributed by atoms with Gasteiger partial charge in [0.25, 0.3) is 5.22 Å². The Morgan fingerprint density at radius 2 is 2.06 bits per heavy atom. The molecule has 0 aliphatic heterocycles. The van der Waals surface area contributed by atoms with Crippen LogP contribution in [0.15, 0.2) is 21.0 Å². The van der Waals surface area contributed by atoms with Crippen LogP contribution in [-0.4, -0.2) is 20.2 Å². The van der Waals surface area contributed by atoms with Gasteiger partial charge in [0, 0.05) is 12.5 Å². The summed E-state index contributed by atoms with van der Waals surface area (Å²) in [6.45, 7) is 5.82. The summed E-state index contributed by atoms with van der Waals surface area (Å²) in [6, 6.07) is 0. The molecule has 17 heavy (non-hydrogen) atoms. The molecule has 0 atom stereocenters. The predicted octanol–water partition coefficient (Wildman–Crippen LogP) is 2.02. The molecule has 0 saturated carbocycles. The quantitative estimate of drug-likeness (QED) is 0.834. The number of nitrogens with zero attached hydrogens (tertiary/aromatic N) is 4. The SMILES string of the molecule is Cc1nnc(Sc2ncnc(N)c2C(C)C)o1. The Morgan fingerprint density at radius 3 is 2.65 bits per heavy atom. The van der Waals surface area contributed by atoms with Crippen LogP contribution in [0.1, 0.15) is 31.2 Å². The first-order valence-electron chi connectivity index (χ1n) is 5.16. The van der Waals surface area contributed by atoms with Crippen molar-refractivity contribution in [1.29, 1.82) is 0 Å². The van der Waals surface area contributed by atoms with Gasteiger partial charge in [0.1, 0.15) is 17.2 Å². The summed E-state index contributed by atoms with van der Waals surface area (Å²) in [5, 5.41) is 8.90. The van der Waals surface area contributed by atoms with Crippen LogP contribution in [-0.2, 0) is 0 Å². The number of hydrogen-bond acceptors (Lipinski definition) is 7. The number of nitrogens with two attached hydrogens (primary N) is 1. The molecule has 2 rings (SSSR count). The molecular formula is C10H13N5OS. The smallest absolute Gasteiger partial charge is 0.282 e. The topological polar surface area (TPSA) is 90.7 Å². The van der Waals surface area contributed by atoms with E-state index in [1.54, 1.807) is 6.92 Å². The highest BCUT2D eigenvalue weighted by Gasteiger charge is 2.16. The monoisotopic (exact) mass is 251 g/mol. The van der Waals surface area contributed by atoms with Gasteiger partial charge in [-0.3, -0.25) is 0 Å². The van der Waals surface area contributed by atoms with Crippen molar-refractivity contribution in [2.24, 2.45) is 0 Å². The Bertz CT molecular complexity index is 525. The number of nitrogen functional groups attached to an aromatic ring is 1. The third-order valence-electron chi connectivity index (χ3n) is 2.15. The van der Waals surface area contributed by atoms with Crippen LogP contribution in [0.4, 0.5) is 5.82 Å². The van der Waals surface area contributed by atoms with Gasteiger partial charge >= 0.3 is 0 Å². The van der Waals surface area contributed by atoms with Crippen molar-refractivity contribution in [2.75, 3.05) is 5.73 Å². The molecule has 2 N–H and O–H groups in total. The highest BCUT2D eigenvalue weighted by Crippen LogP contribution is 2.33. The molecule has 0 aromatic carbocycles. The molecule has 2 heterocycles. The summed E-state index contributed by atoms with van der Waals surface area (Å²) < 4.78 is 5.30. The minimum atomic E-state index is 0.239. The van der Waals surface area contributed by atoms with E-state index < -0.39 is 0 Å². The third-order valence-corrected chi connectivity index (χ3v) is 3.01. The van der Waals surface area contributed by atoms with Crippen LogP contribution in [0.5, 0.6) is 0 Å². The third kappa shape index (κ3) is 2.55. The zero-order valence-electron chi connectivity index (χ0n) is 9.84. The average molecular weight is 251 g/mol. The molecule has 2 aromatic rings. The van der Waals surface area contributed by atoms with Crippen molar-refractivity contribution in [3.8, 4) is 0 Å². The lowest BCUT2D eigenvalue weighted by atomic mass is 10.1. The van der Waals surface area contributed by atoms with E-state index in [2.05, 4.69) is 20.2 Å². The summed E-state index contributed by atoms with van der Waals surface area (Å²) in [6.07, 6.45) is 1.44. The fraction of sp³-hybridized carbons (Fsp3) is 0.400. The van der Waals surface area contributed by atoms with Gasteiger partial charge in [-0.05, 0) is 17.7 Å². The minimum absolute atomic E-state index is 0.239. The van der Waals surface area contributed by atoms with Crippen molar-refractivity contribution >= 4 is 17.6 Å². The molecule has 0 spiro atoms. The Hall–Kier alpha value is -1.63. The number of hydrogen-bond donors (Lipinski definition) is 1. The van der Waals surface area contributed by atoms with Crippen molar-refractivity contribution in [3.63, 3.8) is 0 Å². The van der Waals surface area contributed by atoms with Crippen LogP contribution in [0.3, 0.4) is 0 Å². The maximum absolute atomic E-state index is 5.85. The number of aromatic nitrogens is 4.